The molecule has 1 aromatic rings. The van der Waals surface area contributed by atoms with Crippen LogP contribution in [-0.4, -0.2) is 32.7 Å². The molecule has 0 aromatic carbocycles. The van der Waals surface area contributed by atoms with Crippen molar-refractivity contribution in [1.82, 2.24) is 10.3 Å². The molecule has 0 aliphatic carbocycles. The Hall–Kier alpha value is -0.660. The average molecular weight is 322 g/mol. The maximum Gasteiger partial charge on any atom is 0.233 e. The number of aromatic nitrogens is 1. The van der Waals surface area contributed by atoms with E-state index in [1.54, 1.807) is 18.3 Å². The molecule has 2 N–H and O–H groups in total. The van der Waals surface area contributed by atoms with Crippen LogP contribution in [-0.2, 0) is 10.0 Å². The molecule has 5 nitrogen and oxygen atoms in total. The molecule has 0 amide bonds. The molecule has 0 saturated heterocycles. The standard InChI is InChI=1S/C10H16BrN3O2S/c1-12-6-2-3-8-17(15,16)14-10-9(11)5-4-7-13-10/h4-5,7,12H,2-3,6,8H2,1H3,(H,13,14). The van der Waals surface area contributed by atoms with Gasteiger partial charge in [-0.05, 0) is 54.5 Å². The summed E-state index contributed by atoms with van der Waals surface area (Å²) >= 11 is 3.24. The SMILES string of the molecule is CNCCCCS(=O)(=O)Nc1ncccc1Br. The van der Waals surface area contributed by atoms with Gasteiger partial charge in [0.05, 0.1) is 10.2 Å². The molecule has 0 aliphatic rings. The predicted octanol–water partition coefficient (Wildman–Crippen LogP) is 1.59. The van der Waals surface area contributed by atoms with Crippen molar-refractivity contribution in [2.24, 2.45) is 0 Å². The Morgan fingerprint density at radius 3 is 2.82 bits per heavy atom. The van der Waals surface area contributed by atoms with E-state index in [0.29, 0.717) is 16.7 Å². The lowest BCUT2D eigenvalue weighted by Gasteiger charge is -2.08. The number of hydrogen-bond acceptors (Lipinski definition) is 4. The molecule has 7 heteroatoms. The van der Waals surface area contributed by atoms with Crippen LogP contribution in [0.5, 0.6) is 0 Å². The molecule has 0 bridgehead atoms. The molecule has 0 radical (unpaired) electrons. The van der Waals surface area contributed by atoms with Crippen molar-refractivity contribution >= 4 is 31.8 Å². The Balaban J connectivity index is 2.52. The summed E-state index contributed by atoms with van der Waals surface area (Å²) in [5.74, 6) is 0.443. The number of nitrogens with one attached hydrogen (secondary N) is 2. The van der Waals surface area contributed by atoms with Gasteiger partial charge in [-0.1, -0.05) is 0 Å². The van der Waals surface area contributed by atoms with E-state index in [-0.39, 0.29) is 5.75 Å². The molecule has 0 atom stereocenters. The van der Waals surface area contributed by atoms with E-state index in [1.165, 1.54) is 0 Å². The summed E-state index contributed by atoms with van der Waals surface area (Å²) in [6.45, 7) is 0.822. The van der Waals surface area contributed by atoms with Gasteiger partial charge in [0.15, 0.2) is 5.82 Å². The summed E-state index contributed by atoms with van der Waals surface area (Å²) in [4.78, 5) is 3.96. The van der Waals surface area contributed by atoms with E-state index < -0.39 is 10.0 Å². The minimum atomic E-state index is -3.31. The molecule has 17 heavy (non-hydrogen) atoms. The number of anilines is 1. The van der Waals surface area contributed by atoms with Crippen molar-refractivity contribution in [2.75, 3.05) is 24.1 Å². The van der Waals surface area contributed by atoms with Crippen molar-refractivity contribution in [2.45, 2.75) is 12.8 Å². The highest BCUT2D eigenvalue weighted by Gasteiger charge is 2.12. The lowest BCUT2D eigenvalue weighted by Crippen LogP contribution is -2.19. The van der Waals surface area contributed by atoms with Gasteiger partial charge in [0.1, 0.15) is 0 Å². The predicted molar refractivity (Wildman–Crippen MR) is 72.5 cm³/mol. The first-order valence-corrected chi connectivity index (χ1v) is 7.75. The van der Waals surface area contributed by atoms with Gasteiger partial charge in [0, 0.05) is 6.20 Å². The fraction of sp³-hybridized carbons (Fsp3) is 0.500. The van der Waals surface area contributed by atoms with Gasteiger partial charge in [-0.15, -0.1) is 0 Å². The first-order valence-electron chi connectivity index (χ1n) is 5.31. The third-order valence-corrected chi connectivity index (χ3v) is 4.07. The molecular weight excluding hydrogens is 306 g/mol. The fourth-order valence-electron chi connectivity index (χ4n) is 1.25. The summed E-state index contributed by atoms with van der Waals surface area (Å²) in [6, 6.07) is 3.47. The van der Waals surface area contributed by atoms with Crippen LogP contribution in [0.4, 0.5) is 5.82 Å². The zero-order valence-electron chi connectivity index (χ0n) is 9.61. The zero-order chi connectivity index (χ0) is 12.7. The Bertz CT molecular complexity index is 451. The fourth-order valence-corrected chi connectivity index (χ4v) is 2.88. The van der Waals surface area contributed by atoms with Gasteiger partial charge < -0.3 is 5.32 Å². The van der Waals surface area contributed by atoms with Gasteiger partial charge >= 0.3 is 0 Å². The van der Waals surface area contributed by atoms with E-state index in [4.69, 9.17) is 0 Å². The highest BCUT2D eigenvalue weighted by Crippen LogP contribution is 2.19. The molecule has 0 saturated carbocycles. The summed E-state index contributed by atoms with van der Waals surface area (Å²) in [5.41, 5.74) is 0. The van der Waals surface area contributed by atoms with Crippen molar-refractivity contribution in [3.8, 4) is 0 Å². The lowest BCUT2D eigenvalue weighted by molar-refractivity contribution is 0.595. The molecule has 0 aliphatic heterocycles. The van der Waals surface area contributed by atoms with E-state index in [9.17, 15) is 8.42 Å². The second kappa shape index (κ2) is 6.93. The van der Waals surface area contributed by atoms with Gasteiger partial charge in [-0.25, -0.2) is 13.4 Å². The van der Waals surface area contributed by atoms with Gasteiger partial charge in [0.2, 0.25) is 10.0 Å². The van der Waals surface area contributed by atoms with Crippen molar-refractivity contribution in [3.63, 3.8) is 0 Å². The van der Waals surface area contributed by atoms with Crippen LogP contribution in [0.1, 0.15) is 12.8 Å². The number of hydrogen-bond donors (Lipinski definition) is 2. The largest absolute Gasteiger partial charge is 0.320 e. The van der Waals surface area contributed by atoms with E-state index >= 15 is 0 Å². The lowest BCUT2D eigenvalue weighted by atomic mass is 10.3. The number of sulfonamides is 1. The first kappa shape index (κ1) is 14.4. The first-order chi connectivity index (χ1) is 8.05. The molecule has 1 heterocycles. The van der Waals surface area contributed by atoms with Crippen LogP contribution < -0.4 is 10.0 Å². The van der Waals surface area contributed by atoms with E-state index in [1.807, 2.05) is 7.05 Å². The Morgan fingerprint density at radius 2 is 2.18 bits per heavy atom. The Labute approximate surface area is 110 Å². The summed E-state index contributed by atoms with van der Waals surface area (Å²) in [5, 5.41) is 2.98. The number of pyridine rings is 1. The second-order valence-electron chi connectivity index (χ2n) is 3.57. The number of rotatable bonds is 7. The topological polar surface area (TPSA) is 71.1 Å². The molecule has 1 aromatic heterocycles. The molecule has 0 unspecified atom stereocenters. The average Bonchev–Trinajstić information content (AvgIpc) is 2.28. The van der Waals surface area contributed by atoms with Crippen molar-refractivity contribution in [1.29, 1.82) is 0 Å². The maximum atomic E-state index is 11.7. The minimum absolute atomic E-state index is 0.109. The quantitative estimate of drug-likeness (QED) is 0.748. The van der Waals surface area contributed by atoms with Crippen LogP contribution in [0.2, 0.25) is 0 Å². The van der Waals surface area contributed by atoms with Gasteiger partial charge in [-0.3, -0.25) is 4.72 Å². The summed E-state index contributed by atoms with van der Waals surface area (Å²) in [7, 11) is -1.46. The van der Waals surface area contributed by atoms with E-state index in [0.717, 1.165) is 13.0 Å². The normalized spacial score (nSPS) is 11.4. The maximum absolute atomic E-state index is 11.7. The van der Waals surface area contributed by atoms with Gasteiger partial charge in [0.25, 0.3) is 0 Å². The molecule has 1 rings (SSSR count). The number of unbranched alkanes of at least 4 members (excludes halogenated alkanes) is 1. The molecule has 0 spiro atoms. The van der Waals surface area contributed by atoms with Crippen LogP contribution in [0, 0.1) is 0 Å². The Morgan fingerprint density at radius 1 is 1.41 bits per heavy atom. The third kappa shape index (κ3) is 5.47. The molecular formula is C10H16BrN3O2S. The highest BCUT2D eigenvalue weighted by molar-refractivity contribution is 9.10. The minimum Gasteiger partial charge on any atom is -0.320 e. The smallest absolute Gasteiger partial charge is 0.233 e. The van der Waals surface area contributed by atoms with Crippen LogP contribution in [0.3, 0.4) is 0 Å². The van der Waals surface area contributed by atoms with Crippen molar-refractivity contribution < 1.29 is 8.42 Å². The zero-order valence-corrected chi connectivity index (χ0v) is 12.0. The van der Waals surface area contributed by atoms with Crippen LogP contribution >= 0.6 is 15.9 Å². The number of nitrogens with zero attached hydrogens (tertiary/aromatic N) is 1. The molecule has 96 valence electrons. The summed E-state index contributed by atoms with van der Waals surface area (Å²) < 4.78 is 26.5. The van der Waals surface area contributed by atoms with Crippen molar-refractivity contribution in [3.05, 3.63) is 22.8 Å². The second-order valence-corrected chi connectivity index (χ2v) is 6.26. The van der Waals surface area contributed by atoms with Gasteiger partial charge in [-0.2, -0.15) is 0 Å². The molecule has 0 fully saturated rings. The summed E-state index contributed by atoms with van der Waals surface area (Å²) in [6.07, 6.45) is 3.01. The van der Waals surface area contributed by atoms with Crippen LogP contribution in [0.25, 0.3) is 0 Å². The third-order valence-electron chi connectivity index (χ3n) is 2.10. The van der Waals surface area contributed by atoms with E-state index in [2.05, 4.69) is 31.0 Å². The van der Waals surface area contributed by atoms with Crippen LogP contribution in [0.15, 0.2) is 22.8 Å². The highest BCUT2D eigenvalue weighted by atomic mass is 79.9. The Kier molecular flexibility index (Phi) is 5.87. The monoisotopic (exact) mass is 321 g/mol. The number of halogens is 1.